The summed E-state index contributed by atoms with van der Waals surface area (Å²) in [6, 6.07) is 3.12. The molecule has 1 aliphatic heterocycles. The van der Waals surface area contributed by atoms with Crippen LogP contribution in [0.4, 0.5) is 0 Å². The van der Waals surface area contributed by atoms with Crippen molar-refractivity contribution in [2.24, 2.45) is 0 Å². The fraction of sp³-hybridized carbons (Fsp3) is 0.600. The summed E-state index contributed by atoms with van der Waals surface area (Å²) in [7, 11) is -1.90. The summed E-state index contributed by atoms with van der Waals surface area (Å²) in [4.78, 5) is 0. The number of nitrogens with zero attached hydrogens (tertiary/aromatic N) is 1. The third-order valence-electron chi connectivity index (χ3n) is 2.68. The average Bonchev–Trinajstić information content (AvgIpc) is 2.78. The van der Waals surface area contributed by atoms with Crippen molar-refractivity contribution < 1.29 is 13.2 Å². The van der Waals surface area contributed by atoms with Crippen molar-refractivity contribution in [3.05, 3.63) is 16.5 Å². The van der Waals surface area contributed by atoms with E-state index in [4.69, 9.17) is 16.3 Å². The van der Waals surface area contributed by atoms with Gasteiger partial charge in [0.2, 0.25) is 0 Å². The second-order valence-corrected chi connectivity index (χ2v) is 8.03. The first-order valence-electron chi connectivity index (χ1n) is 5.54. The average molecular weight is 311 g/mol. The minimum Gasteiger partial charge on any atom is -0.374 e. The van der Waals surface area contributed by atoms with Gasteiger partial charge in [0.1, 0.15) is 4.21 Å². The summed E-state index contributed by atoms with van der Waals surface area (Å²) >= 11 is 6.83. The van der Waals surface area contributed by atoms with Crippen molar-refractivity contribution >= 4 is 33.0 Å². The maximum absolute atomic E-state index is 12.2. The summed E-state index contributed by atoms with van der Waals surface area (Å²) in [6.07, 6.45) is -0.103. The third-order valence-corrected chi connectivity index (χ3v) is 6.20. The SMILES string of the molecule is CN(CC1CNCCO1)S(=O)(=O)c1ccc(Cl)s1. The first-order chi connectivity index (χ1) is 8.50. The van der Waals surface area contributed by atoms with Crippen LogP contribution >= 0.6 is 22.9 Å². The first-order valence-corrected chi connectivity index (χ1v) is 8.17. The van der Waals surface area contributed by atoms with E-state index in [0.29, 0.717) is 24.0 Å². The van der Waals surface area contributed by atoms with Gasteiger partial charge in [-0.3, -0.25) is 0 Å². The summed E-state index contributed by atoms with van der Waals surface area (Å²) in [5.74, 6) is 0. The predicted molar refractivity (Wildman–Crippen MR) is 71.8 cm³/mol. The molecule has 1 saturated heterocycles. The summed E-state index contributed by atoms with van der Waals surface area (Å²) in [5.41, 5.74) is 0. The molecular formula is C10H15ClN2O3S2. The van der Waals surface area contributed by atoms with Gasteiger partial charge in [-0.1, -0.05) is 11.6 Å². The highest BCUT2D eigenvalue weighted by Crippen LogP contribution is 2.27. The number of thiophene rings is 1. The number of nitrogens with one attached hydrogen (secondary N) is 1. The van der Waals surface area contributed by atoms with Gasteiger partial charge in [-0.25, -0.2) is 8.42 Å². The Hall–Kier alpha value is -0.180. The molecule has 1 aromatic heterocycles. The maximum Gasteiger partial charge on any atom is 0.252 e. The molecule has 8 heteroatoms. The smallest absolute Gasteiger partial charge is 0.252 e. The molecule has 0 aromatic carbocycles. The largest absolute Gasteiger partial charge is 0.374 e. The lowest BCUT2D eigenvalue weighted by atomic mass is 10.3. The molecule has 1 fully saturated rings. The molecule has 1 unspecified atom stereocenters. The fourth-order valence-electron chi connectivity index (χ4n) is 1.71. The highest BCUT2D eigenvalue weighted by molar-refractivity contribution is 7.91. The molecule has 0 radical (unpaired) electrons. The molecule has 2 heterocycles. The van der Waals surface area contributed by atoms with Crippen LogP contribution in [-0.4, -0.2) is 52.1 Å². The second-order valence-electron chi connectivity index (χ2n) is 4.04. The number of likely N-dealkylation sites (N-methyl/N-ethyl adjacent to an activating group) is 1. The third kappa shape index (κ3) is 3.23. The zero-order valence-corrected chi connectivity index (χ0v) is 12.3. The minimum absolute atomic E-state index is 0.103. The van der Waals surface area contributed by atoms with Gasteiger partial charge in [0, 0.05) is 26.7 Å². The van der Waals surface area contributed by atoms with Crippen LogP contribution in [0.1, 0.15) is 0 Å². The molecular weight excluding hydrogens is 296 g/mol. The van der Waals surface area contributed by atoms with Crippen molar-refractivity contribution in [1.29, 1.82) is 0 Å². The van der Waals surface area contributed by atoms with E-state index in [1.165, 1.54) is 10.4 Å². The Morgan fingerprint density at radius 1 is 1.61 bits per heavy atom. The number of morpholine rings is 1. The Morgan fingerprint density at radius 2 is 2.39 bits per heavy atom. The van der Waals surface area contributed by atoms with E-state index < -0.39 is 10.0 Å². The lowest BCUT2D eigenvalue weighted by Gasteiger charge is -2.27. The van der Waals surface area contributed by atoms with E-state index in [2.05, 4.69) is 5.32 Å². The van der Waals surface area contributed by atoms with Crippen LogP contribution < -0.4 is 5.32 Å². The molecule has 0 spiro atoms. The Bertz CT molecular complexity index is 497. The van der Waals surface area contributed by atoms with Gasteiger partial charge in [-0.2, -0.15) is 4.31 Å². The molecule has 18 heavy (non-hydrogen) atoms. The summed E-state index contributed by atoms with van der Waals surface area (Å²) in [5, 5.41) is 3.17. The Morgan fingerprint density at radius 3 is 2.94 bits per heavy atom. The molecule has 1 aromatic rings. The zero-order chi connectivity index (χ0) is 13.2. The number of rotatable bonds is 4. The maximum atomic E-state index is 12.2. The lowest BCUT2D eigenvalue weighted by molar-refractivity contribution is 0.0206. The highest BCUT2D eigenvalue weighted by atomic mass is 35.5. The predicted octanol–water partition coefficient (Wildman–Crippen LogP) is 1.01. The molecule has 0 saturated carbocycles. The molecule has 102 valence electrons. The van der Waals surface area contributed by atoms with E-state index in [0.717, 1.165) is 17.9 Å². The van der Waals surface area contributed by atoms with Crippen LogP contribution in [0.15, 0.2) is 16.3 Å². The number of halogens is 1. The van der Waals surface area contributed by atoms with Gasteiger partial charge in [0.05, 0.1) is 17.0 Å². The van der Waals surface area contributed by atoms with E-state index >= 15 is 0 Å². The summed E-state index contributed by atoms with van der Waals surface area (Å²) < 4.78 is 32.0. The molecule has 0 aliphatic carbocycles. The van der Waals surface area contributed by atoms with Crippen molar-refractivity contribution in [3.63, 3.8) is 0 Å². The van der Waals surface area contributed by atoms with Crippen molar-refractivity contribution in [1.82, 2.24) is 9.62 Å². The van der Waals surface area contributed by atoms with Crippen molar-refractivity contribution in [2.45, 2.75) is 10.3 Å². The molecule has 0 bridgehead atoms. The Labute approximate surface area is 116 Å². The molecule has 0 amide bonds. The van der Waals surface area contributed by atoms with E-state index in [1.807, 2.05) is 0 Å². The molecule has 1 aliphatic rings. The Kier molecular flexibility index (Phi) is 4.63. The number of ether oxygens (including phenoxy) is 1. The quantitative estimate of drug-likeness (QED) is 0.902. The van der Waals surface area contributed by atoms with E-state index in [9.17, 15) is 8.42 Å². The monoisotopic (exact) mass is 310 g/mol. The highest BCUT2D eigenvalue weighted by Gasteiger charge is 2.26. The topological polar surface area (TPSA) is 58.6 Å². The van der Waals surface area contributed by atoms with Gasteiger partial charge in [-0.15, -0.1) is 11.3 Å². The number of hydrogen-bond donors (Lipinski definition) is 1. The zero-order valence-electron chi connectivity index (χ0n) is 9.93. The van der Waals surface area contributed by atoms with Gasteiger partial charge in [0.25, 0.3) is 10.0 Å². The van der Waals surface area contributed by atoms with Crippen LogP contribution in [0.2, 0.25) is 4.34 Å². The van der Waals surface area contributed by atoms with Crippen LogP contribution in [0.25, 0.3) is 0 Å². The van der Waals surface area contributed by atoms with Gasteiger partial charge in [-0.05, 0) is 12.1 Å². The van der Waals surface area contributed by atoms with Crippen LogP contribution in [0, 0.1) is 0 Å². The van der Waals surface area contributed by atoms with Gasteiger partial charge < -0.3 is 10.1 Å². The standard InChI is InChI=1S/C10H15ClN2O3S2/c1-13(7-8-6-12-4-5-16-8)18(14,15)10-3-2-9(11)17-10/h2-3,8,12H,4-7H2,1H3. The van der Waals surface area contributed by atoms with Gasteiger partial charge in [0.15, 0.2) is 0 Å². The van der Waals surface area contributed by atoms with E-state index in [1.54, 1.807) is 13.1 Å². The lowest BCUT2D eigenvalue weighted by Crippen LogP contribution is -2.45. The van der Waals surface area contributed by atoms with E-state index in [-0.39, 0.29) is 10.3 Å². The summed E-state index contributed by atoms with van der Waals surface area (Å²) in [6.45, 7) is 2.44. The minimum atomic E-state index is -3.46. The number of sulfonamides is 1. The molecule has 1 atom stereocenters. The van der Waals surface area contributed by atoms with Crippen LogP contribution in [0.3, 0.4) is 0 Å². The van der Waals surface area contributed by atoms with Gasteiger partial charge >= 0.3 is 0 Å². The van der Waals surface area contributed by atoms with Crippen molar-refractivity contribution in [2.75, 3.05) is 33.3 Å². The molecule has 1 N–H and O–H groups in total. The van der Waals surface area contributed by atoms with Crippen molar-refractivity contribution in [3.8, 4) is 0 Å². The molecule has 5 nitrogen and oxygen atoms in total. The number of hydrogen-bond acceptors (Lipinski definition) is 5. The Balaban J connectivity index is 2.05. The first kappa shape index (κ1) is 14.2. The second kappa shape index (κ2) is 5.85. The fourth-order valence-corrected chi connectivity index (χ4v) is 4.61. The van der Waals surface area contributed by atoms with Crippen LogP contribution in [0.5, 0.6) is 0 Å². The normalized spacial score (nSPS) is 21.4. The van der Waals surface area contributed by atoms with Crippen LogP contribution in [-0.2, 0) is 14.8 Å². The molecule has 2 rings (SSSR count).